The average Bonchev–Trinajstić information content (AvgIpc) is 3.22. The molecule has 0 aliphatic rings. The van der Waals surface area contributed by atoms with Crippen molar-refractivity contribution in [2.45, 2.75) is 11.3 Å². The van der Waals surface area contributed by atoms with Crippen LogP contribution in [-0.2, 0) is 4.79 Å². The van der Waals surface area contributed by atoms with E-state index in [0.29, 0.717) is 11.4 Å². The molecule has 0 spiro atoms. The van der Waals surface area contributed by atoms with Gasteiger partial charge in [-0.15, -0.1) is 11.3 Å². The van der Waals surface area contributed by atoms with Crippen LogP contribution in [0.15, 0.2) is 71.1 Å². The summed E-state index contributed by atoms with van der Waals surface area (Å²) < 4.78 is 6.84. The maximum absolute atomic E-state index is 12.3. The number of aromatic nitrogens is 1. The molecule has 168 valence electrons. The third-order valence-electron chi connectivity index (χ3n) is 4.72. The number of carbonyl (C=O) groups excluding carboxylic acids is 2. The van der Waals surface area contributed by atoms with E-state index in [-0.39, 0.29) is 17.7 Å². The van der Waals surface area contributed by atoms with Crippen molar-refractivity contribution in [3.8, 4) is 5.75 Å². The Morgan fingerprint density at radius 3 is 2.48 bits per heavy atom. The van der Waals surface area contributed by atoms with Gasteiger partial charge in [0.15, 0.2) is 4.34 Å². The highest BCUT2D eigenvalue weighted by Gasteiger charge is 2.10. The van der Waals surface area contributed by atoms with Crippen LogP contribution in [0.1, 0.15) is 5.56 Å². The summed E-state index contributed by atoms with van der Waals surface area (Å²) in [5.74, 6) is 0.869. The van der Waals surface area contributed by atoms with Gasteiger partial charge in [0, 0.05) is 17.1 Å². The standard InChI is InChI=1S/C24H22N4O3S2/c1-15-5-3-4-6-19(15)27-23(30)26-17-9-12-20-21(13-17)33-24(28-20)32-14-22(29)25-16-7-10-18(31-2)11-8-16/h3-13H,14H2,1-2H3,(H,25,29)(H2,26,27,30). The minimum atomic E-state index is -0.307. The molecule has 0 saturated heterocycles. The van der Waals surface area contributed by atoms with Crippen LogP contribution in [0.2, 0.25) is 0 Å². The van der Waals surface area contributed by atoms with Crippen LogP contribution in [0.25, 0.3) is 10.2 Å². The minimum Gasteiger partial charge on any atom is -0.497 e. The zero-order valence-electron chi connectivity index (χ0n) is 18.0. The molecule has 4 rings (SSSR count). The highest BCUT2D eigenvalue weighted by Crippen LogP contribution is 2.31. The van der Waals surface area contributed by atoms with Crippen molar-refractivity contribution in [1.82, 2.24) is 4.98 Å². The van der Waals surface area contributed by atoms with E-state index < -0.39 is 0 Å². The lowest BCUT2D eigenvalue weighted by Gasteiger charge is -2.09. The number of ether oxygens (including phenoxy) is 1. The summed E-state index contributed by atoms with van der Waals surface area (Å²) in [6.45, 7) is 1.94. The number of rotatable bonds is 7. The van der Waals surface area contributed by atoms with Crippen molar-refractivity contribution in [3.05, 3.63) is 72.3 Å². The Labute approximate surface area is 199 Å². The first-order valence-electron chi connectivity index (χ1n) is 10.1. The molecule has 3 N–H and O–H groups in total. The summed E-state index contributed by atoms with van der Waals surface area (Å²) in [5.41, 5.74) is 3.96. The predicted molar refractivity (Wildman–Crippen MR) is 136 cm³/mol. The molecule has 3 amide bonds. The zero-order chi connectivity index (χ0) is 23.2. The second-order valence-electron chi connectivity index (χ2n) is 7.12. The van der Waals surface area contributed by atoms with Crippen molar-refractivity contribution in [2.24, 2.45) is 0 Å². The normalized spacial score (nSPS) is 10.6. The number of para-hydroxylation sites is 1. The lowest BCUT2D eigenvalue weighted by Crippen LogP contribution is -2.19. The van der Waals surface area contributed by atoms with E-state index in [4.69, 9.17) is 4.74 Å². The van der Waals surface area contributed by atoms with Crippen LogP contribution in [0, 0.1) is 6.92 Å². The summed E-state index contributed by atoms with van der Waals surface area (Å²) in [4.78, 5) is 29.2. The summed E-state index contributed by atoms with van der Waals surface area (Å²) in [6, 6.07) is 20.0. The van der Waals surface area contributed by atoms with Gasteiger partial charge in [0.2, 0.25) is 5.91 Å². The van der Waals surface area contributed by atoms with Crippen molar-refractivity contribution in [1.29, 1.82) is 0 Å². The molecule has 4 aromatic rings. The zero-order valence-corrected chi connectivity index (χ0v) is 19.7. The maximum Gasteiger partial charge on any atom is 0.323 e. The quantitative estimate of drug-likeness (QED) is 0.284. The van der Waals surface area contributed by atoms with Crippen molar-refractivity contribution < 1.29 is 14.3 Å². The van der Waals surface area contributed by atoms with Crippen LogP contribution in [0.4, 0.5) is 21.9 Å². The van der Waals surface area contributed by atoms with Crippen LogP contribution < -0.4 is 20.7 Å². The number of thiazole rings is 1. The number of hydrogen-bond acceptors (Lipinski definition) is 6. The molecule has 0 saturated carbocycles. The second kappa shape index (κ2) is 10.4. The maximum atomic E-state index is 12.3. The third-order valence-corrected chi connectivity index (χ3v) is 6.88. The molecule has 33 heavy (non-hydrogen) atoms. The highest BCUT2D eigenvalue weighted by atomic mass is 32.2. The summed E-state index contributed by atoms with van der Waals surface area (Å²) in [6.07, 6.45) is 0. The average molecular weight is 479 g/mol. The number of aryl methyl sites for hydroxylation is 1. The van der Waals surface area contributed by atoms with E-state index in [9.17, 15) is 9.59 Å². The van der Waals surface area contributed by atoms with E-state index in [1.54, 1.807) is 31.4 Å². The number of methoxy groups -OCH3 is 1. The van der Waals surface area contributed by atoms with Crippen molar-refractivity contribution in [3.63, 3.8) is 0 Å². The Bertz CT molecular complexity index is 1290. The SMILES string of the molecule is COc1ccc(NC(=O)CSc2nc3ccc(NC(=O)Nc4ccccc4C)cc3s2)cc1. The van der Waals surface area contributed by atoms with E-state index in [1.807, 2.05) is 49.4 Å². The molecule has 0 fully saturated rings. The van der Waals surface area contributed by atoms with E-state index in [0.717, 1.165) is 31.6 Å². The fraction of sp³-hybridized carbons (Fsp3) is 0.125. The Morgan fingerprint density at radius 1 is 0.970 bits per heavy atom. The smallest absolute Gasteiger partial charge is 0.323 e. The molecule has 0 radical (unpaired) electrons. The fourth-order valence-corrected chi connectivity index (χ4v) is 4.95. The number of urea groups is 1. The third kappa shape index (κ3) is 6.03. The lowest BCUT2D eigenvalue weighted by atomic mass is 10.2. The number of nitrogens with zero attached hydrogens (tertiary/aromatic N) is 1. The first kappa shape index (κ1) is 22.6. The van der Waals surface area contributed by atoms with E-state index in [1.165, 1.54) is 23.1 Å². The number of hydrogen-bond donors (Lipinski definition) is 3. The van der Waals surface area contributed by atoms with E-state index >= 15 is 0 Å². The largest absolute Gasteiger partial charge is 0.497 e. The van der Waals surface area contributed by atoms with Crippen molar-refractivity contribution >= 4 is 62.3 Å². The first-order chi connectivity index (χ1) is 16.0. The molecule has 0 unspecified atom stereocenters. The van der Waals surface area contributed by atoms with Gasteiger partial charge in [0.05, 0.1) is 23.1 Å². The number of carbonyl (C=O) groups is 2. The topological polar surface area (TPSA) is 92.3 Å². The van der Waals surface area contributed by atoms with Crippen LogP contribution in [-0.4, -0.2) is 29.8 Å². The number of anilines is 3. The van der Waals surface area contributed by atoms with E-state index in [2.05, 4.69) is 20.9 Å². The molecule has 0 bridgehead atoms. The molecule has 0 aliphatic heterocycles. The molecule has 1 heterocycles. The van der Waals surface area contributed by atoms with Crippen LogP contribution in [0.5, 0.6) is 5.75 Å². The minimum absolute atomic E-state index is 0.111. The summed E-state index contributed by atoms with van der Waals surface area (Å²) in [5, 5.41) is 8.57. The van der Waals surface area contributed by atoms with Gasteiger partial charge in [0.25, 0.3) is 0 Å². The Balaban J connectivity index is 1.33. The Kier molecular flexibility index (Phi) is 7.11. The van der Waals surface area contributed by atoms with Gasteiger partial charge in [-0.1, -0.05) is 30.0 Å². The van der Waals surface area contributed by atoms with Crippen LogP contribution in [0.3, 0.4) is 0 Å². The molecule has 0 atom stereocenters. The van der Waals surface area contributed by atoms with Gasteiger partial charge in [-0.3, -0.25) is 4.79 Å². The Morgan fingerprint density at radius 2 is 1.73 bits per heavy atom. The monoisotopic (exact) mass is 478 g/mol. The number of fused-ring (bicyclic) bond motifs is 1. The molecule has 0 aliphatic carbocycles. The first-order valence-corrected chi connectivity index (χ1v) is 11.9. The van der Waals surface area contributed by atoms with Crippen LogP contribution >= 0.6 is 23.1 Å². The van der Waals surface area contributed by atoms with Gasteiger partial charge in [0.1, 0.15) is 5.75 Å². The number of nitrogens with one attached hydrogen (secondary N) is 3. The predicted octanol–water partition coefficient (Wildman–Crippen LogP) is 5.99. The highest BCUT2D eigenvalue weighted by molar-refractivity contribution is 8.01. The van der Waals surface area contributed by atoms with Gasteiger partial charge in [-0.25, -0.2) is 9.78 Å². The number of thioether (sulfide) groups is 1. The van der Waals surface area contributed by atoms with Gasteiger partial charge in [-0.2, -0.15) is 0 Å². The molecule has 9 heteroatoms. The summed E-state index contributed by atoms with van der Waals surface area (Å²) >= 11 is 2.86. The van der Waals surface area contributed by atoms with Gasteiger partial charge in [-0.05, 0) is 61.0 Å². The van der Waals surface area contributed by atoms with Gasteiger partial charge < -0.3 is 20.7 Å². The van der Waals surface area contributed by atoms with Crippen molar-refractivity contribution in [2.75, 3.05) is 28.8 Å². The van der Waals surface area contributed by atoms with Gasteiger partial charge >= 0.3 is 6.03 Å². The second-order valence-corrected chi connectivity index (χ2v) is 9.37. The molecule has 1 aromatic heterocycles. The fourth-order valence-electron chi connectivity index (χ4n) is 3.04. The molecular formula is C24H22N4O3S2. The molecular weight excluding hydrogens is 456 g/mol. The molecule has 3 aromatic carbocycles. The lowest BCUT2D eigenvalue weighted by molar-refractivity contribution is -0.113. The number of amides is 3. The summed E-state index contributed by atoms with van der Waals surface area (Å²) in [7, 11) is 1.60. The Hall–Kier alpha value is -3.56. The number of benzene rings is 3. The molecule has 7 nitrogen and oxygen atoms in total.